The summed E-state index contributed by atoms with van der Waals surface area (Å²) in [6.45, 7) is 0.0430. The van der Waals surface area contributed by atoms with Gasteiger partial charge in [0.2, 0.25) is 5.88 Å². The zero-order chi connectivity index (χ0) is 21.3. The Hall–Kier alpha value is -3.95. The number of carbonyl (C=O) groups excluding carboxylic acids is 1. The average Bonchev–Trinajstić information content (AvgIpc) is 3.29. The molecule has 30 heavy (non-hydrogen) atoms. The number of nitrogen functional groups attached to an aromatic ring is 1. The molecule has 0 unspecified atom stereocenters. The second-order valence-electron chi connectivity index (χ2n) is 6.29. The molecular formula is C20H14F3N3O4. The molecule has 7 nitrogen and oxygen atoms in total. The molecule has 1 amide bonds. The van der Waals surface area contributed by atoms with Gasteiger partial charge in [-0.25, -0.2) is 0 Å². The number of nitrogens with one attached hydrogen (secondary N) is 1. The smallest absolute Gasteiger partial charge is 0.464 e. The Morgan fingerprint density at radius 1 is 1.13 bits per heavy atom. The van der Waals surface area contributed by atoms with Crippen molar-refractivity contribution in [1.29, 1.82) is 0 Å². The highest BCUT2D eigenvalue weighted by molar-refractivity contribution is 6.06. The van der Waals surface area contributed by atoms with Gasteiger partial charge in [-0.3, -0.25) is 4.79 Å². The van der Waals surface area contributed by atoms with Crippen LogP contribution in [0.3, 0.4) is 0 Å². The minimum Gasteiger partial charge on any atom is -0.464 e. The van der Waals surface area contributed by atoms with Gasteiger partial charge in [-0.05, 0) is 23.8 Å². The molecule has 4 rings (SSSR count). The van der Waals surface area contributed by atoms with Gasteiger partial charge in [0, 0.05) is 11.9 Å². The third-order valence-corrected chi connectivity index (χ3v) is 4.29. The lowest BCUT2D eigenvalue weighted by molar-refractivity contribution is -0.274. The van der Waals surface area contributed by atoms with Gasteiger partial charge < -0.3 is 24.7 Å². The predicted octanol–water partition coefficient (Wildman–Crippen LogP) is 4.50. The molecule has 10 heteroatoms. The maximum atomic E-state index is 12.7. The standard InChI is InChI=1S/C20H14F3N3O4/c21-20(22,23)29-12-7-5-11(6-8-12)9-25-19(27)16-17(26-30-18(16)24)14-10-28-15-4-2-1-3-13(14)15/h1-8,10H,9,24H2,(H,25,27). The number of amides is 1. The van der Waals surface area contributed by atoms with Gasteiger partial charge in [-0.1, -0.05) is 35.5 Å². The van der Waals surface area contributed by atoms with Crippen molar-refractivity contribution in [3.8, 4) is 17.0 Å². The number of nitrogens with zero attached hydrogens (tertiary/aromatic N) is 1. The lowest BCUT2D eigenvalue weighted by Gasteiger charge is -2.10. The van der Waals surface area contributed by atoms with E-state index in [1.54, 1.807) is 6.07 Å². The molecule has 154 valence electrons. The molecule has 0 aliphatic carbocycles. The molecule has 0 spiro atoms. The van der Waals surface area contributed by atoms with Gasteiger partial charge in [0.1, 0.15) is 28.9 Å². The second kappa shape index (κ2) is 7.47. The van der Waals surface area contributed by atoms with Crippen molar-refractivity contribution in [3.05, 3.63) is 65.9 Å². The van der Waals surface area contributed by atoms with Crippen molar-refractivity contribution < 1.29 is 31.6 Å². The van der Waals surface area contributed by atoms with Crippen LogP contribution in [0.25, 0.3) is 22.2 Å². The number of carbonyl (C=O) groups is 1. The van der Waals surface area contributed by atoms with Gasteiger partial charge in [0.15, 0.2) is 0 Å². The number of alkyl halides is 3. The van der Waals surface area contributed by atoms with E-state index >= 15 is 0 Å². The Morgan fingerprint density at radius 3 is 2.60 bits per heavy atom. The monoisotopic (exact) mass is 417 g/mol. The first-order chi connectivity index (χ1) is 14.3. The first-order valence-electron chi connectivity index (χ1n) is 8.66. The van der Waals surface area contributed by atoms with Crippen molar-refractivity contribution in [2.45, 2.75) is 12.9 Å². The fourth-order valence-electron chi connectivity index (χ4n) is 2.95. The number of rotatable bonds is 5. The van der Waals surface area contributed by atoms with Crippen LogP contribution in [0.1, 0.15) is 15.9 Å². The number of fused-ring (bicyclic) bond motifs is 1. The summed E-state index contributed by atoms with van der Waals surface area (Å²) >= 11 is 0. The largest absolute Gasteiger partial charge is 0.573 e. The van der Waals surface area contributed by atoms with E-state index in [1.165, 1.54) is 18.4 Å². The summed E-state index contributed by atoms with van der Waals surface area (Å²) < 4.78 is 51.0. The van der Waals surface area contributed by atoms with Gasteiger partial charge in [-0.15, -0.1) is 13.2 Å². The summed E-state index contributed by atoms with van der Waals surface area (Å²) in [6, 6.07) is 12.3. The number of para-hydroxylation sites is 1. The molecule has 3 N–H and O–H groups in total. The van der Waals surface area contributed by atoms with Crippen LogP contribution in [0.4, 0.5) is 19.1 Å². The molecule has 0 fully saturated rings. The topological polar surface area (TPSA) is 104 Å². The normalized spacial score (nSPS) is 11.6. The van der Waals surface area contributed by atoms with Crippen molar-refractivity contribution in [2.75, 3.05) is 5.73 Å². The van der Waals surface area contributed by atoms with Gasteiger partial charge >= 0.3 is 6.36 Å². The zero-order valence-corrected chi connectivity index (χ0v) is 15.2. The molecule has 4 aromatic rings. The maximum Gasteiger partial charge on any atom is 0.573 e. The fraction of sp³-hybridized carbons (Fsp3) is 0.100. The SMILES string of the molecule is Nc1onc(-c2coc3ccccc23)c1C(=O)NCc1ccc(OC(F)(F)F)cc1. The highest BCUT2D eigenvalue weighted by Gasteiger charge is 2.31. The Kier molecular flexibility index (Phi) is 4.82. The molecule has 0 saturated carbocycles. The Labute approximate surface area is 167 Å². The summed E-state index contributed by atoms with van der Waals surface area (Å²) in [7, 11) is 0. The summed E-state index contributed by atoms with van der Waals surface area (Å²) in [5, 5.41) is 7.27. The van der Waals surface area contributed by atoms with Crippen molar-refractivity contribution in [2.24, 2.45) is 0 Å². The van der Waals surface area contributed by atoms with Gasteiger partial charge in [0.25, 0.3) is 5.91 Å². The lowest BCUT2D eigenvalue weighted by atomic mass is 10.1. The van der Waals surface area contributed by atoms with Crippen molar-refractivity contribution in [3.63, 3.8) is 0 Å². The van der Waals surface area contributed by atoms with Gasteiger partial charge in [0.05, 0.1) is 5.56 Å². The number of anilines is 1. The quantitative estimate of drug-likeness (QED) is 0.496. The second-order valence-corrected chi connectivity index (χ2v) is 6.29. The minimum atomic E-state index is -4.77. The van der Waals surface area contributed by atoms with E-state index in [2.05, 4.69) is 15.2 Å². The number of hydrogen-bond donors (Lipinski definition) is 2. The number of ether oxygens (including phenoxy) is 1. The summed E-state index contributed by atoms with van der Waals surface area (Å²) in [5.74, 6) is -1.07. The highest BCUT2D eigenvalue weighted by atomic mass is 19.4. The lowest BCUT2D eigenvalue weighted by Crippen LogP contribution is -2.24. The Morgan fingerprint density at radius 2 is 1.87 bits per heavy atom. The highest BCUT2D eigenvalue weighted by Crippen LogP contribution is 2.34. The molecule has 0 aliphatic heterocycles. The van der Waals surface area contributed by atoms with E-state index in [4.69, 9.17) is 14.7 Å². The molecule has 0 saturated heterocycles. The predicted molar refractivity (Wildman–Crippen MR) is 100 cm³/mol. The van der Waals surface area contributed by atoms with E-state index in [-0.39, 0.29) is 29.4 Å². The van der Waals surface area contributed by atoms with Crippen LogP contribution in [0.15, 0.2) is 63.7 Å². The van der Waals surface area contributed by atoms with Crippen LogP contribution < -0.4 is 15.8 Å². The third kappa shape index (κ3) is 3.93. The number of nitrogens with two attached hydrogens (primary N) is 1. The van der Waals surface area contributed by atoms with Gasteiger partial charge in [-0.2, -0.15) is 0 Å². The van der Waals surface area contributed by atoms with Crippen LogP contribution in [-0.2, 0) is 6.54 Å². The van der Waals surface area contributed by atoms with E-state index in [9.17, 15) is 18.0 Å². The average molecular weight is 417 g/mol. The van der Waals surface area contributed by atoms with Crippen molar-refractivity contribution >= 4 is 22.8 Å². The first-order valence-corrected chi connectivity index (χ1v) is 8.66. The minimum absolute atomic E-state index is 0.0403. The summed E-state index contributed by atoms with van der Waals surface area (Å²) in [5.41, 5.74) is 7.78. The Bertz CT molecular complexity index is 1200. The number of benzene rings is 2. The number of hydrogen-bond acceptors (Lipinski definition) is 6. The molecular weight excluding hydrogens is 403 g/mol. The maximum absolute atomic E-state index is 12.7. The van der Waals surface area contributed by atoms with E-state index in [1.807, 2.05) is 18.2 Å². The van der Waals surface area contributed by atoms with Crippen LogP contribution in [0.5, 0.6) is 5.75 Å². The van der Waals surface area contributed by atoms with Crippen molar-refractivity contribution in [1.82, 2.24) is 10.5 Å². The first kappa shape index (κ1) is 19.4. The van der Waals surface area contributed by atoms with E-state index < -0.39 is 12.3 Å². The molecule has 0 atom stereocenters. The molecule has 2 aromatic heterocycles. The van der Waals surface area contributed by atoms with Crippen LogP contribution in [0.2, 0.25) is 0 Å². The molecule has 0 aliphatic rings. The number of halogens is 3. The summed E-state index contributed by atoms with van der Waals surface area (Å²) in [6.07, 6.45) is -3.31. The zero-order valence-electron chi connectivity index (χ0n) is 15.2. The number of furan rings is 1. The van der Waals surface area contributed by atoms with E-state index in [0.717, 1.165) is 17.5 Å². The van der Waals surface area contributed by atoms with E-state index in [0.29, 0.717) is 16.7 Å². The van der Waals surface area contributed by atoms with Crippen LogP contribution in [0, 0.1) is 0 Å². The summed E-state index contributed by atoms with van der Waals surface area (Å²) in [4.78, 5) is 12.7. The molecule has 2 aromatic carbocycles. The molecule has 0 radical (unpaired) electrons. The number of aromatic nitrogens is 1. The van der Waals surface area contributed by atoms with Crippen LogP contribution in [-0.4, -0.2) is 17.4 Å². The van der Waals surface area contributed by atoms with Crippen LogP contribution >= 0.6 is 0 Å². The fourth-order valence-corrected chi connectivity index (χ4v) is 2.95. The molecule has 2 heterocycles. The Balaban J connectivity index is 1.52. The molecule has 0 bridgehead atoms. The third-order valence-electron chi connectivity index (χ3n) is 4.29.